The first kappa shape index (κ1) is 18.0. The number of nitro groups is 2. The molecular weight excluding hydrogens is 312 g/mol. The van der Waals surface area contributed by atoms with Crippen LogP contribution in [0.1, 0.15) is 24.2 Å². The van der Waals surface area contributed by atoms with Gasteiger partial charge in [0.05, 0.1) is 34.0 Å². The van der Waals surface area contributed by atoms with E-state index in [1.54, 1.807) is 6.92 Å². The van der Waals surface area contributed by atoms with Crippen LogP contribution in [0.15, 0.2) is 18.2 Å². The van der Waals surface area contributed by atoms with Crippen molar-refractivity contribution in [2.24, 2.45) is 5.92 Å². The van der Waals surface area contributed by atoms with E-state index >= 15 is 0 Å². The Morgan fingerprint density at radius 1 is 1.09 bits per heavy atom. The maximum atomic E-state index is 11.9. The number of carbonyl (C=O) groups is 2. The zero-order chi connectivity index (χ0) is 17.6. The average Bonchev–Trinajstić information content (AvgIpc) is 2.51. The van der Waals surface area contributed by atoms with Crippen LogP contribution in [-0.4, -0.2) is 35.0 Å². The van der Waals surface area contributed by atoms with Crippen molar-refractivity contribution in [3.63, 3.8) is 0 Å². The van der Waals surface area contributed by atoms with Gasteiger partial charge in [0.25, 0.3) is 11.4 Å². The van der Waals surface area contributed by atoms with Crippen molar-refractivity contribution in [3.8, 4) is 0 Å². The number of nitrogens with zero attached hydrogens (tertiary/aromatic N) is 2. The molecule has 0 N–H and O–H groups in total. The van der Waals surface area contributed by atoms with Crippen LogP contribution < -0.4 is 0 Å². The summed E-state index contributed by atoms with van der Waals surface area (Å²) in [4.78, 5) is 43.0. The summed E-state index contributed by atoms with van der Waals surface area (Å²) in [5.41, 5.74) is -1.56. The Bertz CT molecular complexity index is 611. The van der Waals surface area contributed by atoms with Gasteiger partial charge in [0.2, 0.25) is 0 Å². The third kappa shape index (κ3) is 5.02. The molecule has 0 saturated carbocycles. The van der Waals surface area contributed by atoms with E-state index in [9.17, 15) is 29.8 Å². The van der Waals surface area contributed by atoms with Crippen molar-refractivity contribution in [1.29, 1.82) is 0 Å². The summed E-state index contributed by atoms with van der Waals surface area (Å²) in [7, 11) is 0. The monoisotopic (exact) mass is 326 g/mol. The van der Waals surface area contributed by atoms with Crippen molar-refractivity contribution in [2.75, 3.05) is 13.2 Å². The minimum atomic E-state index is -1.01. The molecule has 124 valence electrons. The van der Waals surface area contributed by atoms with Gasteiger partial charge in [-0.3, -0.25) is 25.0 Å². The van der Waals surface area contributed by atoms with E-state index in [0.29, 0.717) is 0 Å². The van der Waals surface area contributed by atoms with Gasteiger partial charge < -0.3 is 9.47 Å². The molecule has 10 nitrogen and oxygen atoms in total. The van der Waals surface area contributed by atoms with Gasteiger partial charge in [-0.1, -0.05) is 0 Å². The normalized spacial score (nSPS) is 11.4. The molecule has 0 amide bonds. The van der Waals surface area contributed by atoms with Gasteiger partial charge in [0.1, 0.15) is 6.61 Å². The molecule has 0 aliphatic heterocycles. The molecule has 1 rings (SSSR count). The number of nitro benzene ring substituents is 2. The van der Waals surface area contributed by atoms with Crippen LogP contribution in [0, 0.1) is 26.1 Å². The highest BCUT2D eigenvalue weighted by molar-refractivity contribution is 5.91. The minimum Gasteiger partial charge on any atom is -0.466 e. The number of benzene rings is 1. The van der Waals surface area contributed by atoms with Crippen LogP contribution in [0.4, 0.5) is 11.4 Å². The second-order valence-electron chi connectivity index (χ2n) is 4.50. The van der Waals surface area contributed by atoms with E-state index in [2.05, 4.69) is 0 Å². The molecule has 0 spiro atoms. The van der Waals surface area contributed by atoms with E-state index < -0.39 is 39.1 Å². The van der Waals surface area contributed by atoms with Crippen molar-refractivity contribution in [2.45, 2.75) is 13.8 Å². The van der Waals surface area contributed by atoms with Gasteiger partial charge in [-0.25, -0.2) is 4.79 Å². The molecule has 0 unspecified atom stereocenters. The van der Waals surface area contributed by atoms with E-state index in [-0.39, 0.29) is 18.8 Å². The van der Waals surface area contributed by atoms with E-state index in [4.69, 9.17) is 9.47 Å². The number of rotatable bonds is 7. The molecule has 1 aromatic carbocycles. The second kappa shape index (κ2) is 7.82. The summed E-state index contributed by atoms with van der Waals surface area (Å²) in [6, 6.07) is 2.47. The first-order valence-corrected chi connectivity index (χ1v) is 6.53. The highest BCUT2D eigenvalue weighted by Crippen LogP contribution is 2.23. The molecule has 1 atom stereocenters. The Labute approximate surface area is 130 Å². The minimum absolute atomic E-state index is 0.175. The van der Waals surface area contributed by atoms with Gasteiger partial charge in [-0.2, -0.15) is 0 Å². The Kier molecular flexibility index (Phi) is 6.13. The Morgan fingerprint density at radius 2 is 1.61 bits per heavy atom. The fourth-order valence-electron chi connectivity index (χ4n) is 1.56. The Balaban J connectivity index is 2.89. The highest BCUT2D eigenvalue weighted by atomic mass is 16.6. The number of ether oxygens (including phenoxy) is 2. The molecule has 0 bridgehead atoms. The molecule has 10 heteroatoms. The predicted octanol–water partition coefficient (Wildman–Crippen LogP) is 1.86. The van der Waals surface area contributed by atoms with Crippen LogP contribution in [0.25, 0.3) is 0 Å². The molecular formula is C13H14N2O8. The summed E-state index contributed by atoms with van der Waals surface area (Å²) < 4.78 is 9.58. The summed E-state index contributed by atoms with van der Waals surface area (Å²) in [6.45, 7) is 2.96. The van der Waals surface area contributed by atoms with E-state index in [0.717, 1.165) is 18.2 Å². The number of non-ortho nitro benzene ring substituents is 2. The number of esters is 2. The SMILES string of the molecule is CCOC(=O)[C@H](C)COC(=O)c1cc([N+](=O)[O-])cc([N+](=O)[O-])c1. The fraction of sp³-hybridized carbons (Fsp3) is 0.385. The smallest absolute Gasteiger partial charge is 0.338 e. The largest absolute Gasteiger partial charge is 0.466 e. The fourth-order valence-corrected chi connectivity index (χ4v) is 1.56. The third-order valence-corrected chi connectivity index (χ3v) is 2.71. The topological polar surface area (TPSA) is 139 Å². The molecule has 0 aromatic heterocycles. The molecule has 0 radical (unpaired) electrons. The standard InChI is InChI=1S/C13H14N2O8/c1-3-22-12(16)8(2)7-23-13(17)9-4-10(14(18)19)6-11(5-9)15(20)21/h4-6,8H,3,7H2,1-2H3/t8-/m1/s1. The first-order chi connectivity index (χ1) is 10.8. The lowest BCUT2D eigenvalue weighted by Crippen LogP contribution is -2.21. The molecule has 1 aromatic rings. The lowest BCUT2D eigenvalue weighted by atomic mass is 10.1. The molecule has 0 saturated heterocycles. The lowest BCUT2D eigenvalue weighted by Gasteiger charge is -2.11. The number of hydrogen-bond donors (Lipinski definition) is 0. The maximum Gasteiger partial charge on any atom is 0.338 e. The number of hydrogen-bond acceptors (Lipinski definition) is 8. The molecule has 0 heterocycles. The zero-order valence-corrected chi connectivity index (χ0v) is 12.4. The van der Waals surface area contributed by atoms with Gasteiger partial charge in [-0.05, 0) is 13.8 Å². The molecule has 23 heavy (non-hydrogen) atoms. The Hall–Kier alpha value is -3.04. The van der Waals surface area contributed by atoms with Crippen LogP contribution in [0.3, 0.4) is 0 Å². The molecule has 0 fully saturated rings. The Morgan fingerprint density at radius 3 is 2.04 bits per heavy atom. The van der Waals surface area contributed by atoms with Crippen molar-refractivity contribution in [3.05, 3.63) is 44.0 Å². The van der Waals surface area contributed by atoms with Crippen LogP contribution in [-0.2, 0) is 14.3 Å². The highest BCUT2D eigenvalue weighted by Gasteiger charge is 2.22. The second-order valence-corrected chi connectivity index (χ2v) is 4.50. The first-order valence-electron chi connectivity index (χ1n) is 6.53. The summed E-state index contributed by atoms with van der Waals surface area (Å²) in [6.07, 6.45) is 0. The van der Waals surface area contributed by atoms with Gasteiger partial charge in [-0.15, -0.1) is 0 Å². The van der Waals surface area contributed by atoms with Crippen LogP contribution >= 0.6 is 0 Å². The van der Waals surface area contributed by atoms with Gasteiger partial charge >= 0.3 is 11.9 Å². The lowest BCUT2D eigenvalue weighted by molar-refractivity contribution is -0.394. The van der Waals surface area contributed by atoms with Crippen LogP contribution in [0.2, 0.25) is 0 Å². The quantitative estimate of drug-likeness (QED) is 0.420. The molecule has 0 aliphatic carbocycles. The summed E-state index contributed by atoms with van der Waals surface area (Å²) >= 11 is 0. The predicted molar refractivity (Wildman–Crippen MR) is 75.8 cm³/mol. The summed E-state index contributed by atoms with van der Waals surface area (Å²) in [5.74, 6) is -2.30. The van der Waals surface area contributed by atoms with Gasteiger partial charge in [0, 0.05) is 12.1 Å². The molecule has 0 aliphatic rings. The van der Waals surface area contributed by atoms with Crippen molar-refractivity contribution in [1.82, 2.24) is 0 Å². The number of carbonyl (C=O) groups excluding carboxylic acids is 2. The van der Waals surface area contributed by atoms with Crippen molar-refractivity contribution < 1.29 is 28.9 Å². The average molecular weight is 326 g/mol. The van der Waals surface area contributed by atoms with Crippen molar-refractivity contribution >= 4 is 23.3 Å². The van der Waals surface area contributed by atoms with E-state index in [1.807, 2.05) is 0 Å². The summed E-state index contributed by atoms with van der Waals surface area (Å²) in [5, 5.41) is 21.5. The van der Waals surface area contributed by atoms with Gasteiger partial charge in [0.15, 0.2) is 0 Å². The van der Waals surface area contributed by atoms with E-state index in [1.165, 1.54) is 6.92 Å². The maximum absolute atomic E-state index is 11.9. The zero-order valence-electron chi connectivity index (χ0n) is 12.4. The van der Waals surface area contributed by atoms with Crippen LogP contribution in [0.5, 0.6) is 0 Å². The third-order valence-electron chi connectivity index (χ3n) is 2.71.